The average Bonchev–Trinajstić information content (AvgIpc) is 2.27. The van der Waals surface area contributed by atoms with E-state index in [1.807, 2.05) is 32.0 Å². The number of hydrogen-bond donors (Lipinski definition) is 1. The summed E-state index contributed by atoms with van der Waals surface area (Å²) in [6, 6.07) is 5.86. The molecule has 0 fully saturated rings. The number of ether oxygens (including phenoxy) is 1. The van der Waals surface area contributed by atoms with E-state index in [-0.39, 0.29) is 11.8 Å². The van der Waals surface area contributed by atoms with Crippen molar-refractivity contribution in [3.63, 3.8) is 0 Å². The predicted octanol–water partition coefficient (Wildman–Crippen LogP) is 3.12. The maximum absolute atomic E-state index is 5.92. The van der Waals surface area contributed by atoms with Gasteiger partial charge in [-0.3, -0.25) is 0 Å². The number of halogens is 1. The number of benzene rings is 1. The van der Waals surface area contributed by atoms with Gasteiger partial charge in [0.2, 0.25) is 11.8 Å². The monoisotopic (exact) mass is 249 g/mol. The molecule has 5 heteroatoms. The summed E-state index contributed by atoms with van der Waals surface area (Å²) in [5.74, 6) is 1.11. The Morgan fingerprint density at radius 2 is 2.06 bits per heavy atom. The van der Waals surface area contributed by atoms with Gasteiger partial charge < -0.3 is 10.5 Å². The number of rotatable bonds is 2. The molecule has 0 unspecified atom stereocenters. The molecular weight excluding hydrogens is 238 g/mol. The lowest BCUT2D eigenvalue weighted by Crippen LogP contribution is -1.98. The summed E-state index contributed by atoms with van der Waals surface area (Å²) in [5.41, 5.74) is 7.66. The molecule has 0 radical (unpaired) electrons. The zero-order chi connectivity index (χ0) is 12.4. The number of hydrogen-bond acceptors (Lipinski definition) is 4. The molecule has 1 aromatic carbocycles. The predicted molar refractivity (Wildman–Crippen MR) is 67.4 cm³/mol. The molecule has 0 saturated heterocycles. The summed E-state index contributed by atoms with van der Waals surface area (Å²) in [5, 5.41) is 0.333. The summed E-state index contributed by atoms with van der Waals surface area (Å²) < 4.78 is 5.61. The number of anilines is 1. The van der Waals surface area contributed by atoms with Gasteiger partial charge in [0.25, 0.3) is 0 Å². The molecule has 88 valence electrons. The van der Waals surface area contributed by atoms with Crippen LogP contribution in [-0.2, 0) is 0 Å². The SMILES string of the molecule is Cc1ccc(Oc2nc(N)ncc2Cl)c(C)c1. The number of nitrogens with two attached hydrogens (primary N) is 1. The topological polar surface area (TPSA) is 61.0 Å². The second-order valence-electron chi connectivity index (χ2n) is 3.75. The van der Waals surface area contributed by atoms with Gasteiger partial charge in [-0.1, -0.05) is 29.3 Å². The molecular formula is C12H12ClN3O. The second kappa shape index (κ2) is 4.59. The van der Waals surface area contributed by atoms with Crippen molar-refractivity contribution in [3.8, 4) is 11.6 Å². The third-order valence-corrected chi connectivity index (χ3v) is 2.53. The molecule has 4 nitrogen and oxygen atoms in total. The lowest BCUT2D eigenvalue weighted by atomic mass is 10.1. The van der Waals surface area contributed by atoms with Gasteiger partial charge in [-0.05, 0) is 25.5 Å². The largest absolute Gasteiger partial charge is 0.437 e. The van der Waals surface area contributed by atoms with E-state index in [0.717, 1.165) is 5.56 Å². The number of nitrogens with zero attached hydrogens (tertiary/aromatic N) is 2. The lowest BCUT2D eigenvalue weighted by Gasteiger charge is -2.09. The minimum Gasteiger partial charge on any atom is -0.437 e. The first-order valence-corrected chi connectivity index (χ1v) is 5.47. The van der Waals surface area contributed by atoms with Crippen molar-refractivity contribution >= 4 is 17.5 Å². The van der Waals surface area contributed by atoms with E-state index in [2.05, 4.69) is 9.97 Å². The molecule has 1 heterocycles. The third kappa shape index (κ3) is 2.65. The summed E-state index contributed by atoms with van der Waals surface area (Å²) in [6.07, 6.45) is 1.42. The van der Waals surface area contributed by atoms with Crippen molar-refractivity contribution in [2.45, 2.75) is 13.8 Å². The van der Waals surface area contributed by atoms with Gasteiger partial charge in [0.15, 0.2) is 0 Å². The van der Waals surface area contributed by atoms with Gasteiger partial charge in [-0.15, -0.1) is 0 Å². The van der Waals surface area contributed by atoms with Crippen molar-refractivity contribution in [2.24, 2.45) is 0 Å². The first-order valence-electron chi connectivity index (χ1n) is 5.09. The van der Waals surface area contributed by atoms with Gasteiger partial charge in [-0.2, -0.15) is 4.98 Å². The van der Waals surface area contributed by atoms with Crippen LogP contribution in [0.15, 0.2) is 24.4 Å². The summed E-state index contributed by atoms with van der Waals surface area (Å²) in [6.45, 7) is 3.98. The van der Waals surface area contributed by atoms with Crippen molar-refractivity contribution in [1.82, 2.24) is 9.97 Å². The van der Waals surface area contributed by atoms with Crippen LogP contribution in [0.3, 0.4) is 0 Å². The lowest BCUT2D eigenvalue weighted by molar-refractivity contribution is 0.459. The number of aryl methyl sites for hydroxylation is 2. The van der Waals surface area contributed by atoms with Crippen molar-refractivity contribution < 1.29 is 4.74 Å². The molecule has 17 heavy (non-hydrogen) atoms. The van der Waals surface area contributed by atoms with E-state index in [1.54, 1.807) is 0 Å². The fourth-order valence-electron chi connectivity index (χ4n) is 1.45. The highest BCUT2D eigenvalue weighted by Crippen LogP contribution is 2.29. The van der Waals surface area contributed by atoms with Gasteiger partial charge in [0.1, 0.15) is 10.8 Å². The Morgan fingerprint density at radius 1 is 1.29 bits per heavy atom. The smallest absolute Gasteiger partial charge is 0.243 e. The molecule has 0 saturated carbocycles. The van der Waals surface area contributed by atoms with Crippen LogP contribution in [0.2, 0.25) is 5.02 Å². The van der Waals surface area contributed by atoms with Gasteiger partial charge in [0, 0.05) is 0 Å². The van der Waals surface area contributed by atoms with Crippen LogP contribution in [0.4, 0.5) is 5.95 Å². The summed E-state index contributed by atoms with van der Waals surface area (Å²) in [7, 11) is 0. The Kier molecular flexibility index (Phi) is 3.15. The highest BCUT2D eigenvalue weighted by molar-refractivity contribution is 6.31. The van der Waals surface area contributed by atoms with E-state index in [0.29, 0.717) is 10.8 Å². The normalized spacial score (nSPS) is 10.3. The Bertz CT molecular complexity index is 557. The molecule has 0 spiro atoms. The minimum atomic E-state index is 0.133. The van der Waals surface area contributed by atoms with Crippen molar-refractivity contribution in [1.29, 1.82) is 0 Å². The Balaban J connectivity index is 2.34. The molecule has 0 aliphatic heterocycles. The van der Waals surface area contributed by atoms with E-state index < -0.39 is 0 Å². The van der Waals surface area contributed by atoms with Crippen LogP contribution in [0.1, 0.15) is 11.1 Å². The standard InChI is InChI=1S/C12H12ClN3O/c1-7-3-4-10(8(2)5-7)17-11-9(13)6-15-12(14)16-11/h3-6H,1-2H3,(H2,14,15,16). The average molecular weight is 250 g/mol. The maximum atomic E-state index is 5.92. The molecule has 0 aliphatic carbocycles. The zero-order valence-corrected chi connectivity index (χ0v) is 10.3. The summed E-state index contributed by atoms with van der Waals surface area (Å²) in [4.78, 5) is 7.72. The Labute approximate surface area is 104 Å². The molecule has 0 aliphatic rings. The molecule has 0 bridgehead atoms. The molecule has 2 N–H and O–H groups in total. The Morgan fingerprint density at radius 3 is 2.76 bits per heavy atom. The number of aromatic nitrogens is 2. The van der Waals surface area contributed by atoms with Crippen LogP contribution in [-0.4, -0.2) is 9.97 Å². The Hall–Kier alpha value is -1.81. The fourth-order valence-corrected chi connectivity index (χ4v) is 1.58. The first-order chi connectivity index (χ1) is 8.06. The van der Waals surface area contributed by atoms with E-state index in [1.165, 1.54) is 11.8 Å². The molecule has 2 rings (SSSR count). The molecule has 1 aromatic heterocycles. The fraction of sp³-hybridized carbons (Fsp3) is 0.167. The van der Waals surface area contributed by atoms with Crippen LogP contribution in [0.25, 0.3) is 0 Å². The van der Waals surface area contributed by atoms with Gasteiger partial charge in [0.05, 0.1) is 6.20 Å². The highest BCUT2D eigenvalue weighted by atomic mass is 35.5. The highest BCUT2D eigenvalue weighted by Gasteiger charge is 2.08. The van der Waals surface area contributed by atoms with Crippen LogP contribution in [0, 0.1) is 13.8 Å². The van der Waals surface area contributed by atoms with E-state index in [4.69, 9.17) is 22.1 Å². The van der Waals surface area contributed by atoms with Crippen LogP contribution in [0.5, 0.6) is 11.6 Å². The number of nitrogen functional groups attached to an aromatic ring is 1. The quantitative estimate of drug-likeness (QED) is 0.888. The van der Waals surface area contributed by atoms with Gasteiger partial charge >= 0.3 is 0 Å². The molecule has 2 aromatic rings. The van der Waals surface area contributed by atoms with E-state index in [9.17, 15) is 0 Å². The maximum Gasteiger partial charge on any atom is 0.243 e. The second-order valence-corrected chi connectivity index (χ2v) is 4.16. The minimum absolute atomic E-state index is 0.133. The third-order valence-electron chi connectivity index (χ3n) is 2.27. The van der Waals surface area contributed by atoms with Crippen molar-refractivity contribution in [2.75, 3.05) is 5.73 Å². The van der Waals surface area contributed by atoms with Gasteiger partial charge in [-0.25, -0.2) is 4.98 Å². The first kappa shape index (κ1) is 11.7. The molecule has 0 amide bonds. The van der Waals surface area contributed by atoms with Crippen LogP contribution >= 0.6 is 11.6 Å². The zero-order valence-electron chi connectivity index (χ0n) is 9.57. The van der Waals surface area contributed by atoms with Crippen LogP contribution < -0.4 is 10.5 Å². The van der Waals surface area contributed by atoms with Crippen molar-refractivity contribution in [3.05, 3.63) is 40.5 Å². The molecule has 0 atom stereocenters. The van der Waals surface area contributed by atoms with E-state index >= 15 is 0 Å². The summed E-state index contributed by atoms with van der Waals surface area (Å²) >= 11 is 5.92.